The summed E-state index contributed by atoms with van der Waals surface area (Å²) in [6.45, 7) is 5.56. The van der Waals surface area contributed by atoms with E-state index in [4.69, 9.17) is 29.3 Å². The van der Waals surface area contributed by atoms with E-state index in [0.29, 0.717) is 0 Å². The van der Waals surface area contributed by atoms with Crippen LogP contribution in [0.3, 0.4) is 0 Å². The summed E-state index contributed by atoms with van der Waals surface area (Å²) < 4.78 is 11.3. The minimum Gasteiger partial charge on any atom is -0.539 e. The topological polar surface area (TPSA) is 100 Å². The monoisotopic (exact) mass is 379 g/mol. The highest BCUT2D eigenvalue weighted by Gasteiger charge is 2.24. The van der Waals surface area contributed by atoms with Crippen LogP contribution < -0.4 is 10.0 Å². The summed E-state index contributed by atoms with van der Waals surface area (Å²) in [6.07, 6.45) is 6.13. The lowest BCUT2D eigenvalue weighted by Gasteiger charge is -2.31. The van der Waals surface area contributed by atoms with Gasteiger partial charge in [0.1, 0.15) is 0 Å². The Bertz CT molecular complexity index is 561. The van der Waals surface area contributed by atoms with Crippen molar-refractivity contribution in [2.75, 3.05) is 32.8 Å². The summed E-state index contributed by atoms with van der Waals surface area (Å²) in [5, 5.41) is 16.3. The fourth-order valence-corrected chi connectivity index (χ4v) is 3.63. The van der Waals surface area contributed by atoms with Gasteiger partial charge in [0.15, 0.2) is 12.3 Å². The van der Waals surface area contributed by atoms with E-state index in [1.165, 1.54) is 44.5 Å². The highest BCUT2D eigenvalue weighted by atomic mass is 16.7. The molecule has 2 aliphatic rings. The molecule has 2 N–H and O–H groups in total. The number of quaternary nitrogens is 1. The van der Waals surface area contributed by atoms with Crippen LogP contribution in [0.2, 0.25) is 0 Å². The van der Waals surface area contributed by atoms with Crippen molar-refractivity contribution >= 4 is 11.9 Å². The molecule has 0 amide bonds. The molecule has 27 heavy (non-hydrogen) atoms. The molecule has 2 aliphatic heterocycles. The van der Waals surface area contributed by atoms with E-state index in [0.717, 1.165) is 32.0 Å². The van der Waals surface area contributed by atoms with Gasteiger partial charge in [0.2, 0.25) is 0 Å². The van der Waals surface area contributed by atoms with E-state index in [-0.39, 0.29) is 6.29 Å². The molecule has 2 fully saturated rings. The first-order chi connectivity index (χ1) is 13.0. The van der Waals surface area contributed by atoms with Crippen LogP contribution in [0.1, 0.15) is 31.2 Å². The summed E-state index contributed by atoms with van der Waals surface area (Å²) in [5.74, 6) is -3.17. The Morgan fingerprint density at radius 1 is 1.15 bits per heavy atom. The standard InChI is InChI=1S/C18H27NO2.C2H2O4/c1-2-6-16(7-3-1)14-17-8-4-10-19(15-17)11-9-18-20-12-5-13-21-18;3-1(4)2(5)6/h1-3,6-7,17-18H,4-5,8-15H2;(H,3,4)(H,5,6). The van der Waals surface area contributed by atoms with E-state index in [1.807, 2.05) is 0 Å². The lowest BCUT2D eigenvalue weighted by atomic mass is 9.91. The van der Waals surface area contributed by atoms with Crippen molar-refractivity contribution in [3.05, 3.63) is 35.9 Å². The molecule has 0 bridgehead atoms. The van der Waals surface area contributed by atoms with Crippen LogP contribution in [0.15, 0.2) is 30.3 Å². The van der Waals surface area contributed by atoms with E-state index < -0.39 is 11.9 Å². The maximum absolute atomic E-state index is 9.04. The molecule has 2 atom stereocenters. The van der Waals surface area contributed by atoms with Crippen LogP contribution in [0, 0.1) is 5.92 Å². The van der Waals surface area contributed by atoms with Crippen LogP contribution in [-0.4, -0.2) is 56.2 Å². The SMILES string of the molecule is O=C([O-])C(=O)O.c1ccc(CC2CCC[NH+](CCC3OCCCO3)C2)cc1. The van der Waals surface area contributed by atoms with E-state index >= 15 is 0 Å². The normalized spacial score (nSPS) is 23.1. The number of aliphatic carboxylic acids is 2. The van der Waals surface area contributed by atoms with Crippen LogP contribution in [0.25, 0.3) is 0 Å². The number of carboxylic acid groups (broad SMARTS) is 2. The van der Waals surface area contributed by atoms with Gasteiger partial charge in [-0.05, 0) is 31.2 Å². The zero-order valence-electron chi connectivity index (χ0n) is 15.6. The molecule has 2 heterocycles. The van der Waals surface area contributed by atoms with Crippen LogP contribution in [0.4, 0.5) is 0 Å². The van der Waals surface area contributed by atoms with Gasteiger partial charge in [-0.2, -0.15) is 0 Å². The predicted molar refractivity (Wildman–Crippen MR) is 96.0 cm³/mol. The lowest BCUT2D eigenvalue weighted by Crippen LogP contribution is -3.13. The first-order valence-electron chi connectivity index (χ1n) is 9.59. The Kier molecular flexibility index (Phi) is 9.24. The smallest absolute Gasteiger partial charge is 0.351 e. The average molecular weight is 379 g/mol. The van der Waals surface area contributed by atoms with Crippen molar-refractivity contribution in [2.24, 2.45) is 5.92 Å². The second-order valence-electron chi connectivity index (χ2n) is 7.06. The van der Waals surface area contributed by atoms with Gasteiger partial charge in [-0.25, -0.2) is 4.79 Å². The van der Waals surface area contributed by atoms with Crippen molar-refractivity contribution in [3.8, 4) is 0 Å². The van der Waals surface area contributed by atoms with Gasteiger partial charge in [-0.1, -0.05) is 30.3 Å². The fourth-order valence-electron chi connectivity index (χ4n) is 3.63. The molecular formula is C20H29NO6. The molecule has 1 aromatic rings. The number of hydrogen-bond donors (Lipinski definition) is 2. The molecule has 0 aliphatic carbocycles. The molecule has 150 valence electrons. The summed E-state index contributed by atoms with van der Waals surface area (Å²) in [6, 6.07) is 10.9. The quantitative estimate of drug-likeness (QED) is 0.669. The largest absolute Gasteiger partial charge is 0.539 e. The van der Waals surface area contributed by atoms with Gasteiger partial charge in [0.25, 0.3) is 0 Å². The number of carbonyl (C=O) groups excluding carboxylic acids is 1. The highest BCUT2D eigenvalue weighted by Crippen LogP contribution is 2.15. The first kappa shape index (κ1) is 21.3. The number of nitrogens with one attached hydrogen (secondary N) is 1. The Labute approximate surface area is 159 Å². The van der Waals surface area contributed by atoms with Gasteiger partial charge >= 0.3 is 5.97 Å². The Hall–Kier alpha value is -1.96. The second kappa shape index (κ2) is 11.7. The number of ether oxygens (including phenoxy) is 2. The number of rotatable bonds is 5. The number of piperidine rings is 1. The van der Waals surface area contributed by atoms with Gasteiger partial charge in [0, 0.05) is 12.3 Å². The molecule has 2 unspecified atom stereocenters. The van der Waals surface area contributed by atoms with Crippen molar-refractivity contribution < 1.29 is 34.2 Å². The molecular weight excluding hydrogens is 350 g/mol. The van der Waals surface area contributed by atoms with Crippen molar-refractivity contribution in [1.82, 2.24) is 0 Å². The predicted octanol–water partition coefficient (Wildman–Crippen LogP) is -0.502. The summed E-state index contributed by atoms with van der Waals surface area (Å²) in [5.41, 5.74) is 1.49. The number of carbonyl (C=O) groups is 2. The zero-order chi connectivity index (χ0) is 19.5. The third kappa shape index (κ3) is 8.51. The third-order valence-corrected chi connectivity index (χ3v) is 4.89. The fraction of sp³-hybridized carbons (Fsp3) is 0.600. The average Bonchev–Trinajstić information content (AvgIpc) is 2.69. The molecule has 0 radical (unpaired) electrons. The number of benzene rings is 1. The van der Waals surface area contributed by atoms with Crippen molar-refractivity contribution in [2.45, 2.75) is 38.4 Å². The Morgan fingerprint density at radius 2 is 1.81 bits per heavy atom. The van der Waals surface area contributed by atoms with Crippen molar-refractivity contribution in [1.29, 1.82) is 0 Å². The lowest BCUT2D eigenvalue weighted by molar-refractivity contribution is -0.909. The minimum atomic E-state index is -2.07. The number of carboxylic acids is 2. The molecule has 2 saturated heterocycles. The molecule has 7 heteroatoms. The highest BCUT2D eigenvalue weighted by molar-refractivity contribution is 6.26. The molecule has 0 aromatic heterocycles. The maximum atomic E-state index is 9.04. The summed E-state index contributed by atoms with van der Waals surface area (Å²) >= 11 is 0. The molecule has 1 aromatic carbocycles. The third-order valence-electron chi connectivity index (χ3n) is 4.89. The van der Waals surface area contributed by atoms with E-state index in [1.54, 1.807) is 4.90 Å². The van der Waals surface area contributed by atoms with Crippen LogP contribution in [-0.2, 0) is 25.5 Å². The molecule has 0 saturated carbocycles. The zero-order valence-corrected chi connectivity index (χ0v) is 15.6. The first-order valence-corrected chi connectivity index (χ1v) is 9.59. The summed E-state index contributed by atoms with van der Waals surface area (Å²) in [4.78, 5) is 19.8. The summed E-state index contributed by atoms with van der Waals surface area (Å²) in [7, 11) is 0. The Morgan fingerprint density at radius 3 is 2.44 bits per heavy atom. The van der Waals surface area contributed by atoms with Gasteiger partial charge in [0.05, 0.1) is 32.8 Å². The van der Waals surface area contributed by atoms with E-state index in [2.05, 4.69) is 30.3 Å². The maximum Gasteiger partial charge on any atom is 0.351 e. The second-order valence-corrected chi connectivity index (χ2v) is 7.06. The number of likely N-dealkylation sites (tertiary alicyclic amines) is 1. The van der Waals surface area contributed by atoms with E-state index in [9.17, 15) is 0 Å². The minimum absolute atomic E-state index is 0.0562. The van der Waals surface area contributed by atoms with Gasteiger partial charge in [-0.3, -0.25) is 0 Å². The molecule has 7 nitrogen and oxygen atoms in total. The number of hydrogen-bond acceptors (Lipinski definition) is 5. The van der Waals surface area contributed by atoms with Gasteiger partial charge in [-0.15, -0.1) is 0 Å². The van der Waals surface area contributed by atoms with Gasteiger partial charge < -0.3 is 29.4 Å². The van der Waals surface area contributed by atoms with Crippen LogP contribution >= 0.6 is 0 Å². The van der Waals surface area contributed by atoms with Crippen molar-refractivity contribution in [3.63, 3.8) is 0 Å². The Balaban J connectivity index is 0.000000380. The molecule has 3 rings (SSSR count). The van der Waals surface area contributed by atoms with Crippen LogP contribution in [0.5, 0.6) is 0 Å². The molecule has 0 spiro atoms.